The van der Waals surface area contributed by atoms with Crippen LogP contribution in [0.2, 0.25) is 0 Å². The molecule has 0 aliphatic heterocycles. The number of carboxylic acids is 2. The molecule has 0 saturated carbocycles. The fraction of sp³-hybridized carbons (Fsp3) is 0.667. The van der Waals surface area contributed by atoms with Crippen molar-refractivity contribution in [3.8, 4) is 0 Å². The SMILES string of the molecule is CC(C)[C@@H]([C]=O)NC(=O)[C@H](C)NC(=O)[C@H](CCC(=O)O)NC(=O)[C@@H](N)CCC(=O)O. The summed E-state index contributed by atoms with van der Waals surface area (Å²) in [7, 11) is 0. The third kappa shape index (κ3) is 10.5. The maximum atomic E-state index is 12.5. The van der Waals surface area contributed by atoms with Crippen LogP contribution < -0.4 is 21.7 Å². The van der Waals surface area contributed by atoms with Crippen molar-refractivity contribution in [1.82, 2.24) is 16.0 Å². The maximum Gasteiger partial charge on any atom is 0.303 e. The lowest BCUT2D eigenvalue weighted by Gasteiger charge is -2.23. The van der Waals surface area contributed by atoms with E-state index in [9.17, 15) is 28.8 Å². The molecular formula is C18H29N4O8. The number of hydrogen-bond donors (Lipinski definition) is 6. The van der Waals surface area contributed by atoms with Gasteiger partial charge in [0.15, 0.2) is 0 Å². The van der Waals surface area contributed by atoms with Crippen LogP contribution in [0.15, 0.2) is 0 Å². The summed E-state index contributed by atoms with van der Waals surface area (Å²) in [6, 6.07) is -4.47. The molecule has 0 aromatic heterocycles. The molecule has 0 saturated heterocycles. The van der Waals surface area contributed by atoms with Gasteiger partial charge in [-0.15, -0.1) is 0 Å². The Balaban J connectivity index is 5.05. The molecule has 0 fully saturated rings. The lowest BCUT2D eigenvalue weighted by atomic mass is 10.1. The number of hydrogen-bond acceptors (Lipinski definition) is 7. The van der Waals surface area contributed by atoms with E-state index in [0.717, 1.165) is 0 Å². The van der Waals surface area contributed by atoms with Crippen LogP contribution in [0.5, 0.6) is 0 Å². The molecule has 0 aliphatic rings. The van der Waals surface area contributed by atoms with Gasteiger partial charge in [-0.3, -0.25) is 28.8 Å². The van der Waals surface area contributed by atoms with Gasteiger partial charge in [0.25, 0.3) is 0 Å². The molecule has 0 heterocycles. The molecule has 0 aromatic carbocycles. The van der Waals surface area contributed by atoms with Crippen molar-refractivity contribution in [2.45, 2.75) is 70.6 Å². The molecule has 169 valence electrons. The third-order valence-electron chi connectivity index (χ3n) is 4.13. The van der Waals surface area contributed by atoms with Crippen molar-refractivity contribution < 1.29 is 39.0 Å². The Morgan fingerprint density at radius 3 is 1.83 bits per heavy atom. The lowest BCUT2D eigenvalue weighted by Crippen LogP contribution is -2.56. The van der Waals surface area contributed by atoms with Gasteiger partial charge >= 0.3 is 11.9 Å². The average Bonchev–Trinajstić information content (AvgIpc) is 2.65. The number of amides is 3. The van der Waals surface area contributed by atoms with E-state index in [4.69, 9.17) is 15.9 Å². The number of nitrogens with two attached hydrogens (primary N) is 1. The average molecular weight is 429 g/mol. The first-order chi connectivity index (χ1) is 13.9. The molecule has 1 radical (unpaired) electrons. The molecule has 0 unspecified atom stereocenters. The van der Waals surface area contributed by atoms with Crippen molar-refractivity contribution in [2.75, 3.05) is 0 Å². The van der Waals surface area contributed by atoms with E-state index in [1.165, 1.54) is 6.92 Å². The summed E-state index contributed by atoms with van der Waals surface area (Å²) >= 11 is 0. The van der Waals surface area contributed by atoms with E-state index < -0.39 is 60.2 Å². The minimum Gasteiger partial charge on any atom is -0.481 e. The number of rotatable bonds is 14. The Morgan fingerprint density at radius 2 is 1.37 bits per heavy atom. The number of carbonyl (C=O) groups excluding carboxylic acids is 4. The van der Waals surface area contributed by atoms with Crippen molar-refractivity contribution >= 4 is 35.9 Å². The number of carbonyl (C=O) groups is 5. The third-order valence-corrected chi connectivity index (χ3v) is 4.13. The number of carboxylic acid groups (broad SMARTS) is 2. The summed E-state index contributed by atoms with van der Waals surface area (Å²) in [4.78, 5) is 69.1. The highest BCUT2D eigenvalue weighted by Gasteiger charge is 2.28. The Kier molecular flexibility index (Phi) is 11.9. The highest BCUT2D eigenvalue weighted by molar-refractivity contribution is 5.93. The molecule has 12 heteroatoms. The van der Waals surface area contributed by atoms with E-state index in [1.807, 2.05) is 0 Å². The normalized spacial score (nSPS) is 14.7. The van der Waals surface area contributed by atoms with E-state index in [2.05, 4.69) is 16.0 Å². The van der Waals surface area contributed by atoms with Gasteiger partial charge in [0.05, 0.1) is 12.1 Å². The molecule has 30 heavy (non-hydrogen) atoms. The van der Waals surface area contributed by atoms with Gasteiger partial charge < -0.3 is 31.9 Å². The first-order valence-corrected chi connectivity index (χ1v) is 9.37. The van der Waals surface area contributed by atoms with Gasteiger partial charge in [-0.1, -0.05) is 13.8 Å². The summed E-state index contributed by atoms with van der Waals surface area (Å²) in [6.07, 6.45) is 0.429. The van der Waals surface area contributed by atoms with Crippen LogP contribution in [-0.4, -0.2) is 70.3 Å². The molecule has 4 atom stereocenters. The minimum atomic E-state index is -1.31. The standard InChI is InChI=1S/C18H29N4O8/c1-9(2)13(8-23)22-16(28)10(3)20-18(30)12(5-7-15(26)27)21-17(29)11(19)4-6-14(24)25/h9-13H,4-7,19H2,1-3H3,(H,20,30)(H,21,29)(H,22,28)(H,24,25)(H,26,27)/t10-,11-,12-,13+/m0/s1. The van der Waals surface area contributed by atoms with Crippen molar-refractivity contribution in [3.63, 3.8) is 0 Å². The first kappa shape index (κ1) is 27.0. The molecule has 0 aromatic rings. The summed E-state index contributed by atoms with van der Waals surface area (Å²) in [5, 5.41) is 24.5. The summed E-state index contributed by atoms with van der Waals surface area (Å²) in [5.41, 5.74) is 5.59. The second kappa shape index (κ2) is 13.2. The monoisotopic (exact) mass is 429 g/mol. The smallest absolute Gasteiger partial charge is 0.303 e. The van der Waals surface area contributed by atoms with Gasteiger partial charge in [-0.25, -0.2) is 0 Å². The van der Waals surface area contributed by atoms with Gasteiger partial charge in [0.1, 0.15) is 12.1 Å². The minimum absolute atomic E-state index is 0.175. The Morgan fingerprint density at radius 1 is 0.833 bits per heavy atom. The van der Waals surface area contributed by atoms with Gasteiger partial charge in [0, 0.05) is 12.8 Å². The highest BCUT2D eigenvalue weighted by Crippen LogP contribution is 2.03. The Bertz CT molecular complexity index is 652. The van der Waals surface area contributed by atoms with Crippen LogP contribution in [0, 0.1) is 5.92 Å². The fourth-order valence-electron chi connectivity index (χ4n) is 2.22. The molecule has 7 N–H and O–H groups in total. The molecule has 0 bridgehead atoms. The van der Waals surface area contributed by atoms with Crippen molar-refractivity contribution in [2.24, 2.45) is 11.7 Å². The summed E-state index contributed by atoms with van der Waals surface area (Å²) < 4.78 is 0. The molecule has 0 spiro atoms. The topological polar surface area (TPSA) is 205 Å². The molecule has 0 rings (SSSR count). The van der Waals surface area contributed by atoms with E-state index in [-0.39, 0.29) is 25.2 Å². The number of aliphatic carboxylic acids is 2. The number of nitrogens with one attached hydrogen (secondary N) is 3. The second-order valence-corrected chi connectivity index (χ2v) is 7.11. The first-order valence-electron chi connectivity index (χ1n) is 9.37. The van der Waals surface area contributed by atoms with Crippen molar-refractivity contribution in [3.05, 3.63) is 0 Å². The predicted molar refractivity (Wildman–Crippen MR) is 104 cm³/mol. The highest BCUT2D eigenvalue weighted by atomic mass is 16.4. The van der Waals surface area contributed by atoms with Crippen LogP contribution in [0.3, 0.4) is 0 Å². The van der Waals surface area contributed by atoms with Crippen molar-refractivity contribution in [1.29, 1.82) is 0 Å². The van der Waals surface area contributed by atoms with E-state index >= 15 is 0 Å². The largest absolute Gasteiger partial charge is 0.481 e. The second-order valence-electron chi connectivity index (χ2n) is 7.11. The van der Waals surface area contributed by atoms with Crippen LogP contribution in [0.1, 0.15) is 46.5 Å². The van der Waals surface area contributed by atoms with Crippen LogP contribution >= 0.6 is 0 Å². The Labute approximate surface area is 173 Å². The van der Waals surface area contributed by atoms with Gasteiger partial charge in [0.2, 0.25) is 24.0 Å². The van der Waals surface area contributed by atoms with E-state index in [0.29, 0.717) is 0 Å². The van der Waals surface area contributed by atoms with Crippen LogP contribution in [-0.2, 0) is 28.8 Å². The fourth-order valence-corrected chi connectivity index (χ4v) is 2.22. The molecule has 0 aliphatic carbocycles. The van der Waals surface area contributed by atoms with E-state index in [1.54, 1.807) is 20.1 Å². The summed E-state index contributed by atoms with van der Waals surface area (Å²) in [5.74, 6) is -4.88. The van der Waals surface area contributed by atoms with Crippen LogP contribution in [0.4, 0.5) is 0 Å². The zero-order valence-corrected chi connectivity index (χ0v) is 17.1. The quantitative estimate of drug-likeness (QED) is 0.185. The zero-order valence-electron chi connectivity index (χ0n) is 17.1. The van der Waals surface area contributed by atoms with Crippen LogP contribution in [0.25, 0.3) is 0 Å². The lowest BCUT2D eigenvalue weighted by molar-refractivity contribution is -0.139. The molecule has 12 nitrogen and oxygen atoms in total. The van der Waals surface area contributed by atoms with Gasteiger partial charge in [-0.2, -0.15) is 0 Å². The zero-order chi connectivity index (χ0) is 23.4. The molecule has 3 amide bonds. The molecular weight excluding hydrogens is 400 g/mol. The Hall–Kier alpha value is -3.02. The predicted octanol–water partition coefficient (Wildman–Crippen LogP) is -1.72. The maximum absolute atomic E-state index is 12.5. The van der Waals surface area contributed by atoms with Gasteiger partial charge in [-0.05, 0) is 25.7 Å². The summed E-state index contributed by atoms with van der Waals surface area (Å²) in [6.45, 7) is 4.75.